The number of benzene rings is 2. The van der Waals surface area contributed by atoms with Gasteiger partial charge >= 0.3 is 0 Å². The predicted molar refractivity (Wildman–Crippen MR) is 412 cm³/mol. The van der Waals surface area contributed by atoms with Gasteiger partial charge < -0.3 is 66.5 Å². The van der Waals surface area contributed by atoms with Crippen molar-refractivity contribution in [1.29, 1.82) is 0 Å². The van der Waals surface area contributed by atoms with Crippen LogP contribution < -0.4 is 52.1 Å². The molecule has 23 nitrogen and oxygen atoms in total. The molecule has 26 heteroatoms. The van der Waals surface area contributed by atoms with Crippen molar-refractivity contribution in [2.45, 2.75) is 216 Å². The molecule has 8 aromatic rings. The zero-order valence-corrected chi connectivity index (χ0v) is 63.8. The maximum Gasteiger partial charge on any atom is 0.225 e. The van der Waals surface area contributed by atoms with Gasteiger partial charge in [0.25, 0.3) is 0 Å². The summed E-state index contributed by atoms with van der Waals surface area (Å²) >= 11 is 11.4. The zero-order chi connectivity index (χ0) is 73.2. The molecular weight excluding hydrogens is 1330 g/mol. The van der Waals surface area contributed by atoms with Crippen molar-refractivity contribution in [1.82, 2.24) is 49.8 Å². The van der Waals surface area contributed by atoms with Crippen LogP contribution >= 0.6 is 35.6 Å². The summed E-state index contributed by atoms with van der Waals surface area (Å²) in [5.41, 5.74) is 23.1. The Bertz CT molecular complexity index is 3660. The van der Waals surface area contributed by atoms with Crippen LogP contribution in [0.5, 0.6) is 23.0 Å². The lowest BCUT2D eigenvalue weighted by molar-refractivity contribution is -0.118. The van der Waals surface area contributed by atoms with Crippen molar-refractivity contribution < 1.29 is 33.3 Å². The lowest BCUT2D eigenvalue weighted by atomic mass is 10.0. The molecule has 0 aliphatic rings. The number of ether oxygens (including phenoxy) is 4. The van der Waals surface area contributed by atoms with Crippen LogP contribution in [0.1, 0.15) is 184 Å². The molecule has 0 fully saturated rings. The van der Waals surface area contributed by atoms with Crippen LogP contribution in [0.25, 0.3) is 33.1 Å². The van der Waals surface area contributed by atoms with E-state index in [9.17, 15) is 14.4 Å². The molecular formula is C74H111Cl3N16O7. The molecule has 550 valence electrons. The highest BCUT2D eigenvalue weighted by atomic mass is 35.5. The molecule has 0 radical (unpaired) electrons. The van der Waals surface area contributed by atoms with Gasteiger partial charge in [-0.15, -0.1) is 12.4 Å². The van der Waals surface area contributed by atoms with Gasteiger partial charge in [0.15, 0.2) is 16.8 Å². The molecule has 0 aliphatic heterocycles. The second-order valence-corrected chi connectivity index (χ2v) is 24.9. The van der Waals surface area contributed by atoms with Crippen LogP contribution in [0.4, 0.5) is 23.5 Å². The van der Waals surface area contributed by atoms with Gasteiger partial charge in [0, 0.05) is 104 Å². The van der Waals surface area contributed by atoms with Crippen molar-refractivity contribution in [3.63, 3.8) is 0 Å². The SMILES string of the molecule is CCCC[C@@H](N)CCC(C)=O.CCCC[C@H](CCC(C)=O)Nc1nc(N)nc2cccnc12.CCCC[C@H](CCC(C)=O)Nc1nc(NCc2ccc(OC)cc2OC)nc2cccnc12.CCN(C(C)C)C(C)C.COc1ccc(CN)c(OC)c1.Cl.Clc1nc(Cl)c2ncccc2n1. The Morgan fingerprint density at radius 3 is 1.42 bits per heavy atom. The Kier molecular flexibility index (Phi) is 43.7. The first kappa shape index (κ1) is 88.2. The number of nitrogens with zero attached hydrogens (tertiary/aromatic N) is 10. The van der Waals surface area contributed by atoms with Gasteiger partial charge in [-0.1, -0.05) is 83.9 Å². The van der Waals surface area contributed by atoms with Crippen molar-refractivity contribution >= 4 is 110 Å². The minimum absolute atomic E-state index is 0. The van der Waals surface area contributed by atoms with E-state index in [-0.39, 0.29) is 64.3 Å². The number of anilines is 4. The highest BCUT2D eigenvalue weighted by Crippen LogP contribution is 2.29. The quantitative estimate of drug-likeness (QED) is 0.0164. The van der Waals surface area contributed by atoms with Crippen LogP contribution in [0.15, 0.2) is 91.4 Å². The first-order chi connectivity index (χ1) is 47.5. The fraction of sp³-hybridized carbons (Fsp3) is 0.514. The second-order valence-electron chi connectivity index (χ2n) is 24.2. The maximum absolute atomic E-state index is 11.6. The number of halogens is 3. The first-order valence-electron chi connectivity index (χ1n) is 34.3. The second kappa shape index (κ2) is 49.6. The van der Waals surface area contributed by atoms with Gasteiger partial charge in [0.05, 0.1) is 45.0 Å². The third kappa shape index (κ3) is 33.0. The first-order valence-corrected chi connectivity index (χ1v) is 35.1. The van der Waals surface area contributed by atoms with E-state index in [0.717, 1.165) is 121 Å². The molecule has 6 aromatic heterocycles. The summed E-state index contributed by atoms with van der Waals surface area (Å²) in [5.74, 6) is 5.71. The van der Waals surface area contributed by atoms with Crippen LogP contribution in [0.3, 0.4) is 0 Å². The van der Waals surface area contributed by atoms with Gasteiger partial charge in [-0.25, -0.2) is 19.9 Å². The molecule has 100 heavy (non-hydrogen) atoms. The number of pyridine rings is 3. The van der Waals surface area contributed by atoms with Crippen LogP contribution in [0, 0.1) is 0 Å². The van der Waals surface area contributed by atoms with Crippen LogP contribution in [-0.2, 0) is 27.5 Å². The molecule has 9 N–H and O–H groups in total. The van der Waals surface area contributed by atoms with Gasteiger partial charge in [0.2, 0.25) is 17.2 Å². The molecule has 8 rings (SSSR count). The number of nitrogen functional groups attached to an aromatic ring is 1. The van der Waals surface area contributed by atoms with E-state index in [0.29, 0.717) is 78.6 Å². The summed E-state index contributed by atoms with van der Waals surface area (Å²) in [6.45, 7) is 24.6. The monoisotopic (exact) mass is 1440 g/mol. The molecule has 0 bridgehead atoms. The number of nitrogens with one attached hydrogen (secondary N) is 3. The van der Waals surface area contributed by atoms with E-state index in [1.165, 1.54) is 12.8 Å². The molecule has 0 amide bonds. The highest BCUT2D eigenvalue weighted by molar-refractivity contribution is 6.35. The number of nitrogens with two attached hydrogens (primary N) is 3. The maximum atomic E-state index is 11.6. The standard InChI is InChI=1S/C25H33N5O3.C16H23N5O.C9H13NO2.C9H19NO.C8H19N.C7H3Cl2N3.ClH/c1-5-6-8-19(12-10-17(2)31)28-24-23-21(9-7-14-26-23)29-25(30-24)27-16-18-11-13-20(32-3)15-22(18)33-4;1-3-4-6-12(9-8-11(2)22)19-15-14-13(7-5-10-18-14)20-16(17)21-15;1-11-8-4-3-7(6-10)9(5-8)12-2;1-3-4-5-9(10)7-6-8(2)11;1-6-9(7(2)3)8(4)5;8-6-5-4(2-1-3-10-5)11-7(9)12-6;/h7,9,11,13-15,19H,5-6,8,10,12,16H2,1-4H3,(H2,27,28,29,30);5,7,10,12H,3-4,6,8-9H2,1-2H3,(H3,17,19,20,21);3-5H,6,10H2,1-2H3;9H,3-7,10H2,1-2H3;7-8H,6H2,1-5H3;1-3H;1H/t19-;12-;;9-;;;/m11.1.../s1. The number of Topliss-reactive ketones (excluding diaryl/α,β-unsaturated/α-hetero) is 3. The number of carbonyl (C=O) groups excluding carboxylic acids is 3. The van der Waals surface area contributed by atoms with Gasteiger partial charge in [-0.2, -0.15) is 9.97 Å². The Balaban J connectivity index is 0.000000438. The van der Waals surface area contributed by atoms with Gasteiger partial charge in [0.1, 0.15) is 56.9 Å². The van der Waals surface area contributed by atoms with Crippen molar-refractivity contribution in [2.75, 3.05) is 56.7 Å². The van der Waals surface area contributed by atoms with Crippen LogP contribution in [-0.4, -0.2) is 132 Å². The zero-order valence-electron chi connectivity index (χ0n) is 61.5. The fourth-order valence-corrected chi connectivity index (χ4v) is 10.7. The van der Waals surface area contributed by atoms with E-state index >= 15 is 0 Å². The van der Waals surface area contributed by atoms with Crippen molar-refractivity contribution in [3.8, 4) is 23.0 Å². The average molecular weight is 1440 g/mol. The van der Waals surface area contributed by atoms with E-state index in [1.54, 1.807) is 79.9 Å². The van der Waals surface area contributed by atoms with E-state index in [4.69, 9.17) is 64.3 Å². The minimum Gasteiger partial charge on any atom is -0.497 e. The van der Waals surface area contributed by atoms with E-state index in [2.05, 4.69) is 116 Å². The van der Waals surface area contributed by atoms with Crippen molar-refractivity contribution in [2.24, 2.45) is 11.5 Å². The summed E-state index contributed by atoms with van der Waals surface area (Å²) < 4.78 is 20.9. The number of rotatable bonds is 33. The minimum atomic E-state index is 0. The number of carbonyl (C=O) groups is 3. The fourth-order valence-electron chi connectivity index (χ4n) is 10.3. The topological polar surface area (TPSA) is 322 Å². The summed E-state index contributed by atoms with van der Waals surface area (Å²) in [6.07, 6.45) is 19.0. The smallest absolute Gasteiger partial charge is 0.225 e. The molecule has 0 spiro atoms. The Morgan fingerprint density at radius 2 is 0.980 bits per heavy atom. The molecule has 0 saturated heterocycles. The number of ketones is 3. The molecule has 0 unspecified atom stereocenters. The normalized spacial score (nSPS) is 11.5. The summed E-state index contributed by atoms with van der Waals surface area (Å²) in [7, 11) is 6.50. The lowest BCUT2D eigenvalue weighted by Gasteiger charge is -2.28. The Morgan fingerprint density at radius 1 is 0.540 bits per heavy atom. The molecule has 0 aliphatic carbocycles. The Labute approximate surface area is 609 Å². The van der Waals surface area contributed by atoms with Gasteiger partial charge in [-0.3, -0.25) is 19.9 Å². The molecule has 6 heterocycles. The predicted octanol–water partition coefficient (Wildman–Crippen LogP) is 15.9. The largest absolute Gasteiger partial charge is 0.497 e. The number of aromatic nitrogens is 9. The van der Waals surface area contributed by atoms with Crippen LogP contribution in [0.2, 0.25) is 10.4 Å². The van der Waals surface area contributed by atoms with E-state index < -0.39 is 0 Å². The van der Waals surface area contributed by atoms with E-state index in [1.807, 2.05) is 60.7 Å². The third-order valence-electron chi connectivity index (χ3n) is 15.6. The molecule has 0 saturated carbocycles. The molecule has 3 atom stereocenters. The average Bonchev–Trinajstić information content (AvgIpc) is 0.817. The Hall–Kier alpha value is -7.93. The van der Waals surface area contributed by atoms with Gasteiger partial charge in [-0.05, 0) is 160 Å². The third-order valence-corrected chi connectivity index (χ3v) is 16.1. The number of hydrogen-bond donors (Lipinski definition) is 6. The summed E-state index contributed by atoms with van der Waals surface area (Å²) in [6, 6.07) is 24.2. The summed E-state index contributed by atoms with van der Waals surface area (Å²) in [5, 5.41) is 10.7. The lowest BCUT2D eigenvalue weighted by Crippen LogP contribution is -2.36. The van der Waals surface area contributed by atoms with Crippen molar-refractivity contribution in [3.05, 3.63) is 113 Å². The number of methoxy groups -OCH3 is 4. The highest BCUT2D eigenvalue weighted by Gasteiger charge is 2.18. The number of unbranched alkanes of at least 4 members (excludes halogenated alkanes) is 3. The molecule has 2 aromatic carbocycles. The summed E-state index contributed by atoms with van der Waals surface area (Å²) in [4.78, 5) is 74.2. The number of fused-ring (bicyclic) bond motifs is 3. The number of hydrogen-bond acceptors (Lipinski definition) is 23.